The van der Waals surface area contributed by atoms with E-state index in [1.165, 1.54) is 0 Å². The highest BCUT2D eigenvalue weighted by molar-refractivity contribution is 5.79. The lowest BCUT2D eigenvalue weighted by atomic mass is 9.93. The Bertz CT molecular complexity index is 580. The molecule has 0 bridgehead atoms. The van der Waals surface area contributed by atoms with E-state index in [0.29, 0.717) is 0 Å². The highest BCUT2D eigenvalue weighted by Gasteiger charge is 2.27. The average Bonchev–Trinajstić information content (AvgIpc) is 2.91. The van der Waals surface area contributed by atoms with Crippen molar-refractivity contribution in [2.75, 3.05) is 0 Å². The third-order valence-electron chi connectivity index (χ3n) is 4.75. The van der Waals surface area contributed by atoms with Gasteiger partial charge in [0.2, 0.25) is 5.91 Å². The van der Waals surface area contributed by atoms with Crippen molar-refractivity contribution >= 4 is 5.91 Å². The van der Waals surface area contributed by atoms with Crippen LogP contribution in [0.4, 0.5) is 0 Å². The topological polar surface area (TPSA) is 46.9 Å². The summed E-state index contributed by atoms with van der Waals surface area (Å²) in [5.41, 5.74) is 1.23. The van der Waals surface area contributed by atoms with Crippen LogP contribution in [0.15, 0.2) is 18.3 Å². The van der Waals surface area contributed by atoms with Crippen LogP contribution >= 0.6 is 0 Å². The molecule has 0 radical (unpaired) electrons. The van der Waals surface area contributed by atoms with Gasteiger partial charge in [-0.05, 0) is 25.7 Å². The van der Waals surface area contributed by atoms with Gasteiger partial charge in [-0.25, -0.2) is 4.98 Å². The molecule has 2 atom stereocenters. The highest BCUT2D eigenvalue weighted by Crippen LogP contribution is 2.25. The number of fused-ring (bicyclic) bond motifs is 1. The lowest BCUT2D eigenvalue weighted by molar-refractivity contribution is -0.126. The van der Waals surface area contributed by atoms with Gasteiger partial charge in [0.25, 0.3) is 0 Å². The molecule has 0 aromatic carbocycles. The standard InChI is InChI=1S/C18H27N3O/c1-18(2,3)15-12-21-11-14(9-10-16(21)20-15)19-17(22)13-7-5-4-6-8-13/h4-5,12-14H,6-11H2,1-3H3,(H,19,22)/t13-,14+/m1/s1. The second-order valence-corrected chi connectivity index (χ2v) is 7.67. The molecule has 120 valence electrons. The van der Waals surface area contributed by atoms with Gasteiger partial charge in [0.1, 0.15) is 5.82 Å². The van der Waals surface area contributed by atoms with E-state index in [0.717, 1.165) is 50.2 Å². The zero-order chi connectivity index (χ0) is 15.7. The summed E-state index contributed by atoms with van der Waals surface area (Å²) in [5, 5.41) is 3.26. The maximum Gasteiger partial charge on any atom is 0.223 e. The summed E-state index contributed by atoms with van der Waals surface area (Å²) in [6, 6.07) is 0.243. The third-order valence-corrected chi connectivity index (χ3v) is 4.75. The maximum atomic E-state index is 12.4. The SMILES string of the molecule is CC(C)(C)c1cn2c(n1)CC[C@H](NC(=O)[C@@H]1CC=CCC1)C2. The Kier molecular flexibility index (Phi) is 4.11. The van der Waals surface area contributed by atoms with Gasteiger partial charge in [0.15, 0.2) is 0 Å². The van der Waals surface area contributed by atoms with E-state index in [2.05, 4.69) is 49.0 Å². The molecular weight excluding hydrogens is 274 g/mol. The molecule has 1 N–H and O–H groups in total. The number of carbonyl (C=O) groups excluding carboxylic acids is 1. The van der Waals surface area contributed by atoms with Crippen molar-refractivity contribution in [2.45, 2.75) is 70.9 Å². The van der Waals surface area contributed by atoms with Crippen LogP contribution in [0.1, 0.15) is 58.0 Å². The van der Waals surface area contributed by atoms with Crippen molar-refractivity contribution in [1.29, 1.82) is 0 Å². The van der Waals surface area contributed by atoms with Gasteiger partial charge in [-0.15, -0.1) is 0 Å². The van der Waals surface area contributed by atoms with Crippen LogP contribution in [0.3, 0.4) is 0 Å². The van der Waals surface area contributed by atoms with Gasteiger partial charge in [-0.3, -0.25) is 4.79 Å². The number of hydrogen-bond donors (Lipinski definition) is 1. The number of amides is 1. The summed E-state index contributed by atoms with van der Waals surface area (Å²) in [6.07, 6.45) is 11.3. The summed E-state index contributed by atoms with van der Waals surface area (Å²) in [7, 11) is 0. The van der Waals surface area contributed by atoms with E-state index in [1.54, 1.807) is 0 Å². The fraction of sp³-hybridized carbons (Fsp3) is 0.667. The summed E-state index contributed by atoms with van der Waals surface area (Å²) in [6.45, 7) is 7.43. The molecular formula is C18H27N3O. The Hall–Kier alpha value is -1.58. The first-order chi connectivity index (χ1) is 10.4. The summed E-state index contributed by atoms with van der Waals surface area (Å²) in [4.78, 5) is 17.1. The van der Waals surface area contributed by atoms with Crippen LogP contribution in [0.2, 0.25) is 0 Å². The molecule has 1 aliphatic heterocycles. The van der Waals surface area contributed by atoms with Crippen LogP contribution in [-0.4, -0.2) is 21.5 Å². The Morgan fingerprint density at radius 2 is 2.14 bits per heavy atom. The van der Waals surface area contributed by atoms with Crippen molar-refractivity contribution in [3.05, 3.63) is 29.9 Å². The highest BCUT2D eigenvalue weighted by atomic mass is 16.1. The number of rotatable bonds is 2. The second kappa shape index (κ2) is 5.90. The van der Waals surface area contributed by atoms with Crippen molar-refractivity contribution in [3.63, 3.8) is 0 Å². The van der Waals surface area contributed by atoms with Gasteiger partial charge in [-0.2, -0.15) is 0 Å². The predicted molar refractivity (Wildman–Crippen MR) is 87.7 cm³/mol. The molecule has 1 amide bonds. The molecule has 0 saturated heterocycles. The number of aryl methyl sites for hydroxylation is 1. The zero-order valence-corrected chi connectivity index (χ0v) is 13.9. The third kappa shape index (κ3) is 3.26. The number of aromatic nitrogens is 2. The fourth-order valence-corrected chi connectivity index (χ4v) is 3.27. The van der Waals surface area contributed by atoms with E-state index >= 15 is 0 Å². The molecule has 4 heteroatoms. The largest absolute Gasteiger partial charge is 0.351 e. The van der Waals surface area contributed by atoms with E-state index < -0.39 is 0 Å². The van der Waals surface area contributed by atoms with Gasteiger partial charge in [0.05, 0.1) is 5.69 Å². The molecule has 0 saturated carbocycles. The zero-order valence-electron chi connectivity index (χ0n) is 13.9. The van der Waals surface area contributed by atoms with E-state index in [4.69, 9.17) is 4.98 Å². The normalized spacial score (nSPS) is 24.9. The number of imidazole rings is 1. The lowest BCUT2D eigenvalue weighted by Gasteiger charge is -2.27. The van der Waals surface area contributed by atoms with Crippen molar-refractivity contribution in [2.24, 2.45) is 5.92 Å². The van der Waals surface area contributed by atoms with Crippen molar-refractivity contribution in [1.82, 2.24) is 14.9 Å². The lowest BCUT2D eigenvalue weighted by Crippen LogP contribution is -2.43. The number of carbonyl (C=O) groups is 1. The monoisotopic (exact) mass is 301 g/mol. The van der Waals surface area contributed by atoms with Crippen molar-refractivity contribution < 1.29 is 4.79 Å². The molecule has 0 fully saturated rings. The number of nitrogens with zero attached hydrogens (tertiary/aromatic N) is 2. The molecule has 3 rings (SSSR count). The van der Waals surface area contributed by atoms with Gasteiger partial charge < -0.3 is 9.88 Å². The molecule has 2 aliphatic rings. The predicted octanol–water partition coefficient (Wildman–Crippen LogP) is 2.97. The minimum atomic E-state index is 0.0809. The summed E-state index contributed by atoms with van der Waals surface area (Å²) < 4.78 is 2.23. The van der Waals surface area contributed by atoms with Gasteiger partial charge in [0, 0.05) is 36.5 Å². The second-order valence-electron chi connectivity index (χ2n) is 7.67. The molecule has 1 aromatic rings. The number of allylic oxidation sites excluding steroid dienone is 2. The van der Waals surface area contributed by atoms with Gasteiger partial charge >= 0.3 is 0 Å². The van der Waals surface area contributed by atoms with Crippen LogP contribution in [0, 0.1) is 5.92 Å². The minimum absolute atomic E-state index is 0.0809. The maximum absolute atomic E-state index is 12.4. The molecule has 1 aliphatic carbocycles. The average molecular weight is 301 g/mol. The first-order valence-electron chi connectivity index (χ1n) is 8.45. The molecule has 0 spiro atoms. The van der Waals surface area contributed by atoms with Gasteiger partial charge in [-0.1, -0.05) is 32.9 Å². The Morgan fingerprint density at radius 3 is 2.82 bits per heavy atom. The smallest absolute Gasteiger partial charge is 0.223 e. The first kappa shape index (κ1) is 15.3. The van der Waals surface area contributed by atoms with E-state index in [1.807, 2.05) is 0 Å². The van der Waals surface area contributed by atoms with Crippen LogP contribution in [0.25, 0.3) is 0 Å². The molecule has 22 heavy (non-hydrogen) atoms. The Balaban J connectivity index is 1.63. The number of hydrogen-bond acceptors (Lipinski definition) is 2. The summed E-state index contributed by atoms with van der Waals surface area (Å²) >= 11 is 0. The molecule has 4 nitrogen and oxygen atoms in total. The Morgan fingerprint density at radius 1 is 1.32 bits per heavy atom. The first-order valence-corrected chi connectivity index (χ1v) is 8.45. The van der Waals surface area contributed by atoms with Crippen molar-refractivity contribution in [3.8, 4) is 0 Å². The quantitative estimate of drug-likeness (QED) is 0.854. The molecule has 1 aromatic heterocycles. The molecule has 2 heterocycles. The van der Waals surface area contributed by atoms with Crippen LogP contribution in [-0.2, 0) is 23.2 Å². The minimum Gasteiger partial charge on any atom is -0.351 e. The summed E-state index contributed by atoms with van der Waals surface area (Å²) in [5.74, 6) is 1.56. The van der Waals surface area contributed by atoms with Crippen LogP contribution < -0.4 is 5.32 Å². The fourth-order valence-electron chi connectivity index (χ4n) is 3.27. The van der Waals surface area contributed by atoms with E-state index in [-0.39, 0.29) is 23.3 Å². The number of nitrogens with one attached hydrogen (secondary N) is 1. The Labute approximate surface area is 133 Å². The van der Waals surface area contributed by atoms with E-state index in [9.17, 15) is 4.79 Å². The van der Waals surface area contributed by atoms with Crippen LogP contribution in [0.5, 0.6) is 0 Å². The molecule has 0 unspecified atom stereocenters.